The van der Waals surface area contributed by atoms with Gasteiger partial charge in [-0.25, -0.2) is 8.42 Å². The van der Waals surface area contributed by atoms with Crippen LogP contribution in [0.25, 0.3) is 0 Å². The summed E-state index contributed by atoms with van der Waals surface area (Å²) in [5, 5.41) is -0.220. The number of hydrogen-bond acceptors (Lipinski definition) is 3. The van der Waals surface area contributed by atoms with Crippen LogP contribution in [0.5, 0.6) is 0 Å². The molecule has 0 saturated heterocycles. The topological polar surface area (TPSA) is 60.2 Å². The van der Waals surface area contributed by atoms with Crippen LogP contribution in [-0.2, 0) is 9.84 Å². The van der Waals surface area contributed by atoms with E-state index in [-0.39, 0.29) is 5.25 Å². The Bertz CT molecular complexity index is 502. The summed E-state index contributed by atoms with van der Waals surface area (Å²) < 4.78 is 25.0. The van der Waals surface area contributed by atoms with Crippen molar-refractivity contribution in [3.63, 3.8) is 0 Å². The maximum atomic E-state index is 12.5. The van der Waals surface area contributed by atoms with E-state index in [4.69, 9.17) is 5.73 Å². The summed E-state index contributed by atoms with van der Waals surface area (Å²) in [7, 11) is -3.20. The molecule has 0 aliphatic heterocycles. The molecule has 0 radical (unpaired) electrons. The lowest BCUT2D eigenvalue weighted by Gasteiger charge is -2.27. The van der Waals surface area contributed by atoms with E-state index in [1.54, 1.807) is 24.3 Å². The quantitative estimate of drug-likeness (QED) is 0.856. The molecule has 0 heterocycles. The molecule has 1 aromatic rings. The second kappa shape index (κ2) is 5.31. The van der Waals surface area contributed by atoms with Crippen molar-refractivity contribution in [3.8, 4) is 0 Å². The Morgan fingerprint density at radius 2 is 1.89 bits per heavy atom. The van der Waals surface area contributed by atoms with Gasteiger partial charge < -0.3 is 5.73 Å². The fourth-order valence-corrected chi connectivity index (χ4v) is 4.58. The number of hydrogen-bond donors (Lipinski definition) is 1. The van der Waals surface area contributed by atoms with Gasteiger partial charge in [-0.15, -0.1) is 0 Å². The van der Waals surface area contributed by atoms with E-state index in [9.17, 15) is 8.42 Å². The third kappa shape index (κ3) is 2.69. The highest BCUT2D eigenvalue weighted by molar-refractivity contribution is 7.92. The number of anilines is 1. The predicted octanol–water partition coefficient (Wildman–Crippen LogP) is 3.01. The molecule has 0 bridgehead atoms. The zero-order valence-electron chi connectivity index (χ0n) is 10.8. The summed E-state index contributed by atoms with van der Waals surface area (Å²) in [6.07, 6.45) is 4.79. The Balaban J connectivity index is 2.17. The molecule has 4 heteroatoms. The summed E-state index contributed by atoms with van der Waals surface area (Å²) in [5.74, 6) is 0.706. The van der Waals surface area contributed by atoms with Gasteiger partial charge in [-0.05, 0) is 49.8 Å². The van der Waals surface area contributed by atoms with Gasteiger partial charge in [0.05, 0.1) is 10.1 Å². The van der Waals surface area contributed by atoms with Crippen molar-refractivity contribution in [2.24, 2.45) is 5.92 Å². The SMILES string of the molecule is CCC1CCC(S(=O)(=O)c2cccc(N)c2)CC1. The Labute approximate surface area is 109 Å². The lowest BCUT2D eigenvalue weighted by molar-refractivity contribution is 0.348. The van der Waals surface area contributed by atoms with E-state index in [2.05, 4.69) is 6.92 Å². The predicted molar refractivity (Wildman–Crippen MR) is 74.1 cm³/mol. The molecule has 2 rings (SSSR count). The summed E-state index contributed by atoms with van der Waals surface area (Å²) in [6, 6.07) is 6.64. The number of sulfone groups is 1. The van der Waals surface area contributed by atoms with Crippen molar-refractivity contribution in [2.45, 2.75) is 49.2 Å². The Kier molecular flexibility index (Phi) is 3.95. The van der Waals surface area contributed by atoms with Crippen LogP contribution in [0, 0.1) is 5.92 Å². The second-order valence-corrected chi connectivity index (χ2v) is 7.40. The minimum absolute atomic E-state index is 0.220. The molecule has 0 aromatic heterocycles. The molecule has 1 aromatic carbocycles. The summed E-state index contributed by atoms with van der Waals surface area (Å²) in [6.45, 7) is 2.18. The Morgan fingerprint density at radius 1 is 1.22 bits per heavy atom. The first kappa shape index (κ1) is 13.4. The number of nitrogens with two attached hydrogens (primary N) is 1. The average molecular weight is 267 g/mol. The first-order chi connectivity index (χ1) is 8.54. The van der Waals surface area contributed by atoms with Gasteiger partial charge in [-0.1, -0.05) is 19.4 Å². The molecular formula is C14H21NO2S. The third-order valence-electron chi connectivity index (χ3n) is 4.00. The number of rotatable bonds is 3. The van der Waals surface area contributed by atoms with Crippen molar-refractivity contribution in [3.05, 3.63) is 24.3 Å². The van der Waals surface area contributed by atoms with Gasteiger partial charge in [0, 0.05) is 5.69 Å². The van der Waals surface area contributed by atoms with Gasteiger partial charge in [0.2, 0.25) is 0 Å². The highest BCUT2D eigenvalue weighted by Gasteiger charge is 2.31. The molecule has 1 aliphatic rings. The van der Waals surface area contributed by atoms with Crippen LogP contribution in [0.2, 0.25) is 0 Å². The van der Waals surface area contributed by atoms with Crippen LogP contribution in [0.1, 0.15) is 39.0 Å². The van der Waals surface area contributed by atoms with Crippen molar-refractivity contribution in [1.29, 1.82) is 0 Å². The fraction of sp³-hybridized carbons (Fsp3) is 0.571. The van der Waals surface area contributed by atoms with Crippen LogP contribution >= 0.6 is 0 Å². The first-order valence-corrected chi connectivity index (χ1v) is 8.18. The molecule has 2 N–H and O–H groups in total. The molecule has 0 spiro atoms. The van der Waals surface area contributed by atoms with Gasteiger partial charge >= 0.3 is 0 Å². The van der Waals surface area contributed by atoms with E-state index in [0.29, 0.717) is 16.5 Å². The number of nitrogen functional groups attached to an aromatic ring is 1. The molecule has 0 amide bonds. The zero-order chi connectivity index (χ0) is 13.2. The molecule has 0 unspecified atom stereocenters. The summed E-state index contributed by atoms with van der Waals surface area (Å²) in [5.41, 5.74) is 6.18. The van der Waals surface area contributed by atoms with Crippen LogP contribution in [0.15, 0.2) is 29.2 Å². The lowest BCUT2D eigenvalue weighted by Crippen LogP contribution is -2.27. The summed E-state index contributed by atoms with van der Waals surface area (Å²) in [4.78, 5) is 0.377. The lowest BCUT2D eigenvalue weighted by atomic mass is 9.87. The molecule has 100 valence electrons. The molecule has 0 atom stereocenters. The second-order valence-electron chi connectivity index (χ2n) is 5.17. The minimum Gasteiger partial charge on any atom is -0.399 e. The van der Waals surface area contributed by atoms with E-state index in [0.717, 1.165) is 32.1 Å². The monoisotopic (exact) mass is 267 g/mol. The molecule has 18 heavy (non-hydrogen) atoms. The average Bonchev–Trinajstić information content (AvgIpc) is 2.39. The molecule has 1 saturated carbocycles. The fourth-order valence-electron chi connectivity index (χ4n) is 2.73. The highest BCUT2D eigenvalue weighted by Crippen LogP contribution is 2.33. The maximum absolute atomic E-state index is 12.5. The van der Waals surface area contributed by atoms with E-state index < -0.39 is 9.84 Å². The number of benzene rings is 1. The molecule has 1 fully saturated rings. The van der Waals surface area contributed by atoms with Crippen molar-refractivity contribution >= 4 is 15.5 Å². The van der Waals surface area contributed by atoms with E-state index in [1.807, 2.05) is 0 Å². The van der Waals surface area contributed by atoms with Crippen LogP contribution in [0.4, 0.5) is 5.69 Å². The Morgan fingerprint density at radius 3 is 2.44 bits per heavy atom. The van der Waals surface area contributed by atoms with Crippen molar-refractivity contribution in [2.75, 3.05) is 5.73 Å². The van der Waals surface area contributed by atoms with E-state index >= 15 is 0 Å². The van der Waals surface area contributed by atoms with Gasteiger partial charge in [0.15, 0.2) is 9.84 Å². The highest BCUT2D eigenvalue weighted by atomic mass is 32.2. The van der Waals surface area contributed by atoms with Crippen molar-refractivity contribution < 1.29 is 8.42 Å². The van der Waals surface area contributed by atoms with Gasteiger partial charge in [-0.3, -0.25) is 0 Å². The van der Waals surface area contributed by atoms with E-state index in [1.165, 1.54) is 0 Å². The van der Waals surface area contributed by atoms with Gasteiger partial charge in [0.25, 0.3) is 0 Å². The van der Waals surface area contributed by atoms with Gasteiger partial charge in [-0.2, -0.15) is 0 Å². The zero-order valence-corrected chi connectivity index (χ0v) is 11.6. The molecule has 3 nitrogen and oxygen atoms in total. The molecule has 1 aliphatic carbocycles. The van der Waals surface area contributed by atoms with Crippen LogP contribution in [-0.4, -0.2) is 13.7 Å². The van der Waals surface area contributed by atoms with Gasteiger partial charge in [0.1, 0.15) is 0 Å². The van der Waals surface area contributed by atoms with Crippen molar-refractivity contribution in [1.82, 2.24) is 0 Å². The molecular weight excluding hydrogens is 246 g/mol. The van der Waals surface area contributed by atoms with Crippen LogP contribution < -0.4 is 5.73 Å². The summed E-state index contributed by atoms with van der Waals surface area (Å²) >= 11 is 0. The maximum Gasteiger partial charge on any atom is 0.181 e. The Hall–Kier alpha value is -1.03. The third-order valence-corrected chi connectivity index (χ3v) is 6.26. The normalized spacial score (nSPS) is 24.9. The smallest absolute Gasteiger partial charge is 0.181 e. The largest absolute Gasteiger partial charge is 0.399 e. The standard InChI is InChI=1S/C14H21NO2S/c1-2-11-6-8-13(9-7-11)18(16,17)14-5-3-4-12(15)10-14/h3-5,10-11,13H,2,6-9,15H2,1H3. The van der Waals surface area contributed by atoms with Crippen LogP contribution in [0.3, 0.4) is 0 Å². The minimum atomic E-state index is -3.20. The first-order valence-electron chi connectivity index (χ1n) is 6.63.